The Balaban J connectivity index is 0.00000176. The average molecular weight is 322 g/mol. The molecule has 1 aliphatic rings. The molecule has 0 radical (unpaired) electrons. The smallest absolute Gasteiger partial charge is 0.231 e. The molecule has 1 unspecified atom stereocenters. The van der Waals surface area contributed by atoms with E-state index in [4.69, 9.17) is 20.9 Å². The SMILES string of the molecule is CC(NCc1ccc2c(c1)OCO2)c1cc(N)ccc1N.Cl. The van der Waals surface area contributed by atoms with Gasteiger partial charge < -0.3 is 26.3 Å². The second-order valence-electron chi connectivity index (χ2n) is 5.18. The van der Waals surface area contributed by atoms with Crippen molar-refractivity contribution in [3.8, 4) is 11.5 Å². The third kappa shape index (κ3) is 3.37. The Labute approximate surface area is 136 Å². The highest BCUT2D eigenvalue weighted by atomic mass is 35.5. The predicted octanol–water partition coefficient (Wildman–Crippen LogP) is 2.85. The molecule has 2 aromatic rings. The fraction of sp³-hybridized carbons (Fsp3) is 0.250. The molecule has 1 heterocycles. The monoisotopic (exact) mass is 321 g/mol. The number of benzene rings is 2. The highest BCUT2D eigenvalue weighted by Crippen LogP contribution is 2.32. The third-order valence-corrected chi connectivity index (χ3v) is 3.63. The van der Waals surface area contributed by atoms with Gasteiger partial charge in [0.25, 0.3) is 0 Å². The molecule has 0 saturated carbocycles. The zero-order valence-corrected chi connectivity index (χ0v) is 13.2. The van der Waals surface area contributed by atoms with E-state index in [2.05, 4.69) is 12.2 Å². The van der Waals surface area contributed by atoms with Crippen LogP contribution in [0.4, 0.5) is 11.4 Å². The highest BCUT2D eigenvalue weighted by molar-refractivity contribution is 5.85. The van der Waals surface area contributed by atoms with Crippen molar-refractivity contribution in [1.29, 1.82) is 0 Å². The molecule has 3 rings (SSSR count). The van der Waals surface area contributed by atoms with Gasteiger partial charge in [-0.25, -0.2) is 0 Å². The first-order valence-electron chi connectivity index (χ1n) is 6.90. The van der Waals surface area contributed by atoms with Crippen molar-refractivity contribution >= 4 is 23.8 Å². The first kappa shape index (κ1) is 16.3. The Morgan fingerprint density at radius 1 is 1.09 bits per heavy atom. The maximum Gasteiger partial charge on any atom is 0.231 e. The fourth-order valence-electron chi connectivity index (χ4n) is 2.40. The topological polar surface area (TPSA) is 82.5 Å². The van der Waals surface area contributed by atoms with Crippen LogP contribution in [0.25, 0.3) is 0 Å². The number of hydrogen-bond acceptors (Lipinski definition) is 5. The number of rotatable bonds is 4. The summed E-state index contributed by atoms with van der Waals surface area (Å²) < 4.78 is 10.7. The summed E-state index contributed by atoms with van der Waals surface area (Å²) in [6.07, 6.45) is 0. The minimum Gasteiger partial charge on any atom is -0.454 e. The third-order valence-electron chi connectivity index (χ3n) is 3.63. The lowest BCUT2D eigenvalue weighted by molar-refractivity contribution is 0.174. The van der Waals surface area contributed by atoms with Crippen LogP contribution in [-0.4, -0.2) is 6.79 Å². The van der Waals surface area contributed by atoms with E-state index in [-0.39, 0.29) is 18.4 Å². The molecule has 2 aromatic carbocycles. The minimum atomic E-state index is 0. The molecule has 1 atom stereocenters. The van der Waals surface area contributed by atoms with Gasteiger partial charge in [-0.05, 0) is 48.4 Å². The van der Waals surface area contributed by atoms with E-state index in [9.17, 15) is 0 Å². The summed E-state index contributed by atoms with van der Waals surface area (Å²) in [5, 5.41) is 3.44. The van der Waals surface area contributed by atoms with Crippen LogP contribution < -0.4 is 26.3 Å². The molecule has 118 valence electrons. The Morgan fingerprint density at radius 2 is 1.86 bits per heavy atom. The van der Waals surface area contributed by atoms with Gasteiger partial charge in [0.2, 0.25) is 6.79 Å². The number of nitrogen functional groups attached to an aromatic ring is 2. The minimum absolute atomic E-state index is 0. The van der Waals surface area contributed by atoms with E-state index in [1.54, 1.807) is 0 Å². The number of halogens is 1. The number of nitrogens with two attached hydrogens (primary N) is 2. The van der Waals surface area contributed by atoms with Crippen molar-refractivity contribution in [2.24, 2.45) is 0 Å². The lowest BCUT2D eigenvalue weighted by Crippen LogP contribution is -2.19. The summed E-state index contributed by atoms with van der Waals surface area (Å²) in [6.45, 7) is 3.08. The molecule has 22 heavy (non-hydrogen) atoms. The van der Waals surface area contributed by atoms with Crippen LogP contribution in [0.2, 0.25) is 0 Å². The maximum absolute atomic E-state index is 6.00. The molecule has 1 aliphatic heterocycles. The summed E-state index contributed by atoms with van der Waals surface area (Å²) in [5.41, 5.74) is 15.4. The Morgan fingerprint density at radius 3 is 2.68 bits per heavy atom. The molecular weight excluding hydrogens is 302 g/mol. The van der Waals surface area contributed by atoms with E-state index >= 15 is 0 Å². The molecule has 6 heteroatoms. The van der Waals surface area contributed by atoms with Gasteiger partial charge in [0.1, 0.15) is 0 Å². The zero-order chi connectivity index (χ0) is 14.8. The van der Waals surface area contributed by atoms with Gasteiger partial charge in [0.05, 0.1) is 0 Å². The molecule has 0 saturated heterocycles. The number of fused-ring (bicyclic) bond motifs is 1. The normalized spacial score (nSPS) is 13.5. The lowest BCUT2D eigenvalue weighted by Gasteiger charge is -2.17. The van der Waals surface area contributed by atoms with Gasteiger partial charge in [-0.2, -0.15) is 0 Å². The van der Waals surface area contributed by atoms with E-state index in [1.165, 1.54) is 0 Å². The summed E-state index contributed by atoms with van der Waals surface area (Å²) in [4.78, 5) is 0. The van der Waals surface area contributed by atoms with Gasteiger partial charge in [0, 0.05) is 24.0 Å². The van der Waals surface area contributed by atoms with Gasteiger partial charge in [-0.15, -0.1) is 12.4 Å². The van der Waals surface area contributed by atoms with E-state index < -0.39 is 0 Å². The molecular formula is C16H20ClN3O2. The van der Waals surface area contributed by atoms with Crippen molar-refractivity contribution in [2.45, 2.75) is 19.5 Å². The maximum atomic E-state index is 6.00. The first-order valence-corrected chi connectivity index (χ1v) is 6.90. The van der Waals surface area contributed by atoms with Crippen LogP contribution in [0.3, 0.4) is 0 Å². The Hall–Kier alpha value is -2.11. The number of ether oxygens (including phenoxy) is 2. The number of nitrogens with one attached hydrogen (secondary N) is 1. The quantitative estimate of drug-likeness (QED) is 0.754. The van der Waals surface area contributed by atoms with Gasteiger partial charge in [-0.3, -0.25) is 0 Å². The average Bonchev–Trinajstić information content (AvgIpc) is 2.94. The van der Waals surface area contributed by atoms with Crippen LogP contribution in [0.15, 0.2) is 36.4 Å². The fourth-order valence-corrected chi connectivity index (χ4v) is 2.40. The summed E-state index contributed by atoms with van der Waals surface area (Å²) in [6, 6.07) is 11.6. The molecule has 0 amide bonds. The molecule has 0 aromatic heterocycles. The number of hydrogen-bond donors (Lipinski definition) is 3. The van der Waals surface area contributed by atoms with Gasteiger partial charge in [-0.1, -0.05) is 6.07 Å². The summed E-state index contributed by atoms with van der Waals surface area (Å²) >= 11 is 0. The van der Waals surface area contributed by atoms with Crippen LogP contribution in [-0.2, 0) is 6.54 Å². The van der Waals surface area contributed by atoms with Crippen molar-refractivity contribution in [2.75, 3.05) is 18.3 Å². The predicted molar refractivity (Wildman–Crippen MR) is 90.3 cm³/mol. The van der Waals surface area contributed by atoms with E-state index in [0.717, 1.165) is 34.0 Å². The Bertz CT molecular complexity index is 664. The van der Waals surface area contributed by atoms with Crippen molar-refractivity contribution in [3.63, 3.8) is 0 Å². The van der Waals surface area contributed by atoms with Crippen LogP contribution >= 0.6 is 12.4 Å². The zero-order valence-electron chi connectivity index (χ0n) is 12.3. The second kappa shape index (κ2) is 6.77. The summed E-state index contributed by atoms with van der Waals surface area (Å²) in [5.74, 6) is 1.59. The number of anilines is 2. The molecule has 0 bridgehead atoms. The van der Waals surface area contributed by atoms with Crippen LogP contribution in [0.1, 0.15) is 24.1 Å². The largest absolute Gasteiger partial charge is 0.454 e. The molecule has 0 spiro atoms. The van der Waals surface area contributed by atoms with Crippen LogP contribution in [0, 0.1) is 0 Å². The van der Waals surface area contributed by atoms with Crippen molar-refractivity contribution in [3.05, 3.63) is 47.5 Å². The summed E-state index contributed by atoms with van der Waals surface area (Å²) in [7, 11) is 0. The van der Waals surface area contributed by atoms with E-state index in [0.29, 0.717) is 13.3 Å². The van der Waals surface area contributed by atoms with Crippen LogP contribution in [0.5, 0.6) is 11.5 Å². The second-order valence-corrected chi connectivity index (χ2v) is 5.18. The lowest BCUT2D eigenvalue weighted by atomic mass is 10.0. The molecule has 5 nitrogen and oxygen atoms in total. The molecule has 5 N–H and O–H groups in total. The van der Waals surface area contributed by atoms with Crippen molar-refractivity contribution in [1.82, 2.24) is 5.32 Å². The highest BCUT2D eigenvalue weighted by Gasteiger charge is 2.14. The Kier molecular flexibility index (Phi) is 5.00. The van der Waals surface area contributed by atoms with Crippen molar-refractivity contribution < 1.29 is 9.47 Å². The van der Waals surface area contributed by atoms with E-state index in [1.807, 2.05) is 36.4 Å². The molecule has 0 aliphatic carbocycles. The molecule has 0 fully saturated rings. The standard InChI is InChI=1S/C16H19N3O2.ClH/c1-10(13-7-12(17)3-4-14(13)18)19-8-11-2-5-15-16(6-11)21-9-20-15;/h2-7,10,19H,8-9,17-18H2,1H3;1H. The van der Waals surface area contributed by atoms with Gasteiger partial charge >= 0.3 is 0 Å². The van der Waals surface area contributed by atoms with Gasteiger partial charge in [0.15, 0.2) is 11.5 Å². The first-order chi connectivity index (χ1) is 10.1.